The van der Waals surface area contributed by atoms with Crippen molar-refractivity contribution in [2.45, 2.75) is 0 Å². The molecule has 2 aromatic rings. The Morgan fingerprint density at radius 1 is 0.533 bits per heavy atom. The summed E-state index contributed by atoms with van der Waals surface area (Å²) < 4.78 is 0. The SMILES string of the molecule is [Cl-].[Cl-].c1ccc([NH2+]c2ccccc2)cc1. The Morgan fingerprint density at radius 3 is 1.20 bits per heavy atom. The van der Waals surface area contributed by atoms with Gasteiger partial charge in [-0.1, -0.05) is 36.4 Å². The molecule has 0 radical (unpaired) electrons. The molecule has 0 fully saturated rings. The molecule has 0 saturated heterocycles. The van der Waals surface area contributed by atoms with E-state index in [1.165, 1.54) is 11.4 Å². The predicted molar refractivity (Wildman–Crippen MR) is 54.1 cm³/mol. The zero-order valence-corrected chi connectivity index (χ0v) is 9.62. The summed E-state index contributed by atoms with van der Waals surface area (Å²) in [5, 5.41) is 2.17. The summed E-state index contributed by atoms with van der Waals surface area (Å²) >= 11 is 0. The molecule has 0 saturated carbocycles. The second-order valence-corrected chi connectivity index (χ2v) is 2.97. The fraction of sp³-hybridized carbons (Fsp3) is 0. The molecule has 0 aliphatic carbocycles. The van der Waals surface area contributed by atoms with Crippen molar-refractivity contribution in [1.82, 2.24) is 0 Å². The lowest BCUT2D eigenvalue weighted by atomic mass is 10.3. The molecule has 0 aliphatic heterocycles. The van der Waals surface area contributed by atoms with Gasteiger partial charge in [-0.15, -0.1) is 0 Å². The molecule has 0 aliphatic rings. The molecule has 3 heteroatoms. The minimum absolute atomic E-state index is 0. The first-order chi connectivity index (χ1) is 6.45. The van der Waals surface area contributed by atoms with Crippen molar-refractivity contribution in [3.8, 4) is 0 Å². The molecular weight excluding hydrogens is 229 g/mol. The third-order valence-corrected chi connectivity index (χ3v) is 1.93. The molecule has 2 rings (SSSR count). The first kappa shape index (κ1) is 14.0. The highest BCUT2D eigenvalue weighted by molar-refractivity contribution is 5.35. The molecule has 15 heavy (non-hydrogen) atoms. The molecule has 2 aromatic carbocycles. The molecule has 0 bridgehead atoms. The maximum absolute atomic E-state index is 2.17. The topological polar surface area (TPSA) is 16.6 Å². The Balaban J connectivity index is 0.000000980. The molecule has 0 spiro atoms. The summed E-state index contributed by atoms with van der Waals surface area (Å²) in [6, 6.07) is 20.7. The first-order valence-electron chi connectivity index (χ1n) is 4.40. The minimum atomic E-state index is 0. The van der Waals surface area contributed by atoms with Crippen molar-refractivity contribution in [2.75, 3.05) is 0 Å². The van der Waals surface area contributed by atoms with E-state index in [0.29, 0.717) is 0 Å². The van der Waals surface area contributed by atoms with Crippen LogP contribution in [0.15, 0.2) is 60.7 Å². The van der Waals surface area contributed by atoms with Crippen LogP contribution in [-0.4, -0.2) is 0 Å². The highest BCUT2D eigenvalue weighted by Gasteiger charge is 1.96. The van der Waals surface area contributed by atoms with E-state index in [1.807, 2.05) is 12.1 Å². The smallest absolute Gasteiger partial charge is 0.134 e. The van der Waals surface area contributed by atoms with Crippen molar-refractivity contribution in [1.29, 1.82) is 0 Å². The molecule has 0 unspecified atom stereocenters. The van der Waals surface area contributed by atoms with Crippen molar-refractivity contribution in [2.24, 2.45) is 0 Å². The van der Waals surface area contributed by atoms with Crippen LogP contribution in [0.25, 0.3) is 0 Å². The van der Waals surface area contributed by atoms with Gasteiger partial charge in [0.15, 0.2) is 0 Å². The largest absolute Gasteiger partial charge is 1.00 e. The zero-order valence-electron chi connectivity index (χ0n) is 8.11. The molecule has 80 valence electrons. The second-order valence-electron chi connectivity index (χ2n) is 2.97. The highest BCUT2D eigenvalue weighted by atomic mass is 35.5. The molecule has 2 N–H and O–H groups in total. The lowest BCUT2D eigenvalue weighted by Gasteiger charge is -1.98. The number of para-hydroxylation sites is 2. The summed E-state index contributed by atoms with van der Waals surface area (Å²) in [5.41, 5.74) is 2.49. The normalized spacial score (nSPS) is 8.53. The number of benzene rings is 2. The summed E-state index contributed by atoms with van der Waals surface area (Å²) in [7, 11) is 0. The average Bonchev–Trinajstić information content (AvgIpc) is 2.21. The number of rotatable bonds is 2. The Morgan fingerprint density at radius 2 is 0.867 bits per heavy atom. The van der Waals surface area contributed by atoms with E-state index < -0.39 is 0 Å². The van der Waals surface area contributed by atoms with Crippen molar-refractivity contribution >= 4 is 11.4 Å². The van der Waals surface area contributed by atoms with Crippen LogP contribution in [0.5, 0.6) is 0 Å². The minimum Gasteiger partial charge on any atom is -1.00 e. The average molecular weight is 241 g/mol. The molecule has 0 aromatic heterocycles. The van der Waals surface area contributed by atoms with E-state index in [1.54, 1.807) is 0 Å². The summed E-state index contributed by atoms with van der Waals surface area (Å²) in [5.74, 6) is 0. The fourth-order valence-corrected chi connectivity index (χ4v) is 1.29. The van der Waals surface area contributed by atoms with Gasteiger partial charge in [-0.2, -0.15) is 0 Å². The van der Waals surface area contributed by atoms with Crippen LogP contribution >= 0.6 is 0 Å². The van der Waals surface area contributed by atoms with Gasteiger partial charge in [0, 0.05) is 0 Å². The van der Waals surface area contributed by atoms with E-state index in [4.69, 9.17) is 0 Å². The van der Waals surface area contributed by atoms with E-state index >= 15 is 0 Å². The van der Waals surface area contributed by atoms with Gasteiger partial charge in [0.25, 0.3) is 0 Å². The van der Waals surface area contributed by atoms with Gasteiger partial charge < -0.3 is 24.8 Å². The second kappa shape index (κ2) is 7.30. The summed E-state index contributed by atoms with van der Waals surface area (Å²) in [6.45, 7) is 0. The molecular formula is C12H12Cl2N-. The number of hydrogen-bond acceptors (Lipinski definition) is 0. The van der Waals surface area contributed by atoms with Crippen LogP contribution in [0.2, 0.25) is 0 Å². The van der Waals surface area contributed by atoms with Crippen LogP contribution in [0.4, 0.5) is 11.4 Å². The Hall–Kier alpha value is -1.02. The number of hydrogen-bond donors (Lipinski definition) is 1. The molecule has 0 heterocycles. The van der Waals surface area contributed by atoms with Crippen LogP contribution in [0.3, 0.4) is 0 Å². The molecule has 0 atom stereocenters. The van der Waals surface area contributed by atoms with E-state index in [-0.39, 0.29) is 24.8 Å². The van der Waals surface area contributed by atoms with Crippen LogP contribution < -0.4 is 30.1 Å². The lowest BCUT2D eigenvalue weighted by Crippen LogP contribution is -3.00. The van der Waals surface area contributed by atoms with Crippen LogP contribution in [0, 0.1) is 0 Å². The van der Waals surface area contributed by atoms with Crippen LogP contribution in [-0.2, 0) is 0 Å². The van der Waals surface area contributed by atoms with Gasteiger partial charge in [-0.05, 0) is 24.3 Å². The van der Waals surface area contributed by atoms with E-state index in [0.717, 1.165) is 0 Å². The van der Waals surface area contributed by atoms with Crippen molar-refractivity contribution < 1.29 is 30.1 Å². The van der Waals surface area contributed by atoms with Crippen molar-refractivity contribution in [3.05, 3.63) is 60.7 Å². The van der Waals surface area contributed by atoms with Crippen molar-refractivity contribution in [3.63, 3.8) is 0 Å². The van der Waals surface area contributed by atoms with Gasteiger partial charge in [-0.25, -0.2) is 0 Å². The van der Waals surface area contributed by atoms with Gasteiger partial charge in [-0.3, -0.25) is 5.32 Å². The van der Waals surface area contributed by atoms with Gasteiger partial charge in [0.05, 0.1) is 0 Å². The van der Waals surface area contributed by atoms with E-state index in [2.05, 4.69) is 53.8 Å². The van der Waals surface area contributed by atoms with Crippen LogP contribution in [0.1, 0.15) is 0 Å². The summed E-state index contributed by atoms with van der Waals surface area (Å²) in [6.07, 6.45) is 0. The van der Waals surface area contributed by atoms with Gasteiger partial charge in [0.1, 0.15) is 11.4 Å². The number of nitrogens with two attached hydrogens (primary N) is 1. The maximum Gasteiger partial charge on any atom is 0.134 e. The number of halogens is 2. The molecule has 0 amide bonds. The quantitative estimate of drug-likeness (QED) is 0.520. The summed E-state index contributed by atoms with van der Waals surface area (Å²) in [4.78, 5) is 0. The first-order valence-corrected chi connectivity index (χ1v) is 4.40. The monoisotopic (exact) mass is 240 g/mol. The molecule has 1 nitrogen and oxygen atoms in total. The highest BCUT2D eigenvalue weighted by Crippen LogP contribution is 2.02. The number of quaternary nitrogens is 1. The fourth-order valence-electron chi connectivity index (χ4n) is 1.29. The third kappa shape index (κ3) is 4.34. The predicted octanol–water partition coefficient (Wildman–Crippen LogP) is -3.78. The van der Waals surface area contributed by atoms with Gasteiger partial charge in [0.2, 0.25) is 0 Å². The van der Waals surface area contributed by atoms with E-state index in [9.17, 15) is 0 Å². The Labute approximate surface area is 102 Å². The Kier molecular flexibility index (Phi) is 6.80. The zero-order chi connectivity index (χ0) is 8.93. The standard InChI is InChI=1S/C12H11N.2ClH/c1-3-7-11(8-4-1)13-12-9-5-2-6-10-12;;/h1-10,13H;2*1H/p-1. The Bertz CT molecular complexity index is 324. The maximum atomic E-state index is 2.17. The lowest BCUT2D eigenvalue weighted by molar-refractivity contribution is -0.478. The van der Waals surface area contributed by atoms with Gasteiger partial charge >= 0.3 is 0 Å². The third-order valence-electron chi connectivity index (χ3n) is 1.93.